The van der Waals surface area contributed by atoms with Crippen molar-refractivity contribution < 1.29 is 14.2 Å². The first-order chi connectivity index (χ1) is 9.38. The van der Waals surface area contributed by atoms with Crippen molar-refractivity contribution >= 4 is 10.8 Å². The molecule has 3 heteroatoms. The van der Waals surface area contributed by atoms with E-state index in [1.165, 1.54) is 16.3 Å². The summed E-state index contributed by atoms with van der Waals surface area (Å²) in [7, 11) is 0. The van der Waals surface area contributed by atoms with E-state index in [-0.39, 0.29) is 6.10 Å². The number of epoxide rings is 2. The molecule has 2 fully saturated rings. The molecule has 2 aliphatic heterocycles. The summed E-state index contributed by atoms with van der Waals surface area (Å²) in [6.45, 7) is 2.35. The zero-order chi connectivity index (χ0) is 12.7. The molecule has 19 heavy (non-hydrogen) atoms. The summed E-state index contributed by atoms with van der Waals surface area (Å²) in [6.07, 6.45) is 1.60. The van der Waals surface area contributed by atoms with Crippen LogP contribution in [0.1, 0.15) is 5.56 Å². The molecule has 2 aromatic carbocycles. The van der Waals surface area contributed by atoms with Gasteiger partial charge in [-0.1, -0.05) is 24.3 Å². The largest absolute Gasteiger partial charge is 0.490 e. The number of ether oxygens (including phenoxy) is 3. The second-order valence-electron chi connectivity index (χ2n) is 5.23. The molecule has 0 N–H and O–H groups in total. The van der Waals surface area contributed by atoms with E-state index in [2.05, 4.69) is 36.4 Å². The molecular weight excluding hydrogens is 240 g/mol. The molecule has 0 saturated carbocycles. The molecule has 98 valence electrons. The number of fused-ring (bicyclic) bond motifs is 1. The van der Waals surface area contributed by atoms with E-state index in [0.717, 1.165) is 25.4 Å². The fourth-order valence-corrected chi connectivity index (χ4v) is 2.34. The molecule has 0 aromatic heterocycles. The monoisotopic (exact) mass is 256 g/mol. The topological polar surface area (TPSA) is 34.3 Å². The maximum atomic E-state index is 5.92. The first-order valence-electron chi connectivity index (χ1n) is 6.76. The Morgan fingerprint density at radius 2 is 1.68 bits per heavy atom. The van der Waals surface area contributed by atoms with E-state index in [4.69, 9.17) is 14.2 Å². The second kappa shape index (κ2) is 4.51. The normalized spacial score (nSPS) is 24.4. The number of rotatable bonds is 5. The van der Waals surface area contributed by atoms with E-state index < -0.39 is 0 Å². The summed E-state index contributed by atoms with van der Waals surface area (Å²) >= 11 is 0. The number of benzene rings is 2. The quantitative estimate of drug-likeness (QED) is 0.771. The van der Waals surface area contributed by atoms with E-state index in [0.29, 0.717) is 12.7 Å². The Kier molecular flexibility index (Phi) is 2.67. The zero-order valence-electron chi connectivity index (χ0n) is 10.7. The third kappa shape index (κ3) is 2.57. The van der Waals surface area contributed by atoms with Gasteiger partial charge in [0, 0.05) is 6.42 Å². The predicted octanol–water partition coefficient (Wildman–Crippen LogP) is 2.56. The first-order valence-corrected chi connectivity index (χ1v) is 6.76. The molecule has 2 heterocycles. The van der Waals surface area contributed by atoms with Gasteiger partial charge in [-0.3, -0.25) is 0 Å². The number of hydrogen-bond donors (Lipinski definition) is 0. The van der Waals surface area contributed by atoms with Crippen LogP contribution in [0.2, 0.25) is 0 Å². The van der Waals surface area contributed by atoms with Crippen molar-refractivity contribution in [3.63, 3.8) is 0 Å². The van der Waals surface area contributed by atoms with Gasteiger partial charge in [0.1, 0.15) is 18.5 Å². The highest BCUT2D eigenvalue weighted by molar-refractivity contribution is 5.85. The summed E-state index contributed by atoms with van der Waals surface area (Å²) < 4.78 is 16.5. The highest BCUT2D eigenvalue weighted by atomic mass is 16.6. The van der Waals surface area contributed by atoms with Crippen LogP contribution in [0.5, 0.6) is 5.75 Å². The van der Waals surface area contributed by atoms with Crippen molar-refractivity contribution in [2.24, 2.45) is 0 Å². The van der Waals surface area contributed by atoms with Crippen molar-refractivity contribution in [2.45, 2.75) is 18.6 Å². The summed E-state index contributed by atoms with van der Waals surface area (Å²) in [5.74, 6) is 0.977. The Balaban J connectivity index is 1.67. The average Bonchev–Trinajstić information content (AvgIpc) is 3.31. The van der Waals surface area contributed by atoms with Crippen LogP contribution < -0.4 is 4.74 Å². The minimum absolute atomic E-state index is 0.288. The minimum atomic E-state index is 0.288. The molecule has 2 aromatic rings. The van der Waals surface area contributed by atoms with E-state index in [9.17, 15) is 0 Å². The number of hydrogen-bond acceptors (Lipinski definition) is 3. The first kappa shape index (κ1) is 11.3. The Labute approximate surface area is 112 Å². The molecule has 0 radical (unpaired) electrons. The van der Waals surface area contributed by atoms with E-state index in [1.54, 1.807) is 0 Å². The van der Waals surface area contributed by atoms with E-state index >= 15 is 0 Å². The smallest absolute Gasteiger partial charge is 0.123 e. The van der Waals surface area contributed by atoms with Gasteiger partial charge in [-0.05, 0) is 28.5 Å². The summed E-state index contributed by atoms with van der Waals surface area (Å²) in [5, 5.41) is 2.47. The predicted molar refractivity (Wildman–Crippen MR) is 72.6 cm³/mol. The van der Waals surface area contributed by atoms with Gasteiger partial charge in [-0.2, -0.15) is 0 Å². The van der Waals surface area contributed by atoms with Crippen molar-refractivity contribution in [3.8, 4) is 5.75 Å². The minimum Gasteiger partial charge on any atom is -0.490 e. The Morgan fingerprint density at radius 1 is 1.00 bits per heavy atom. The van der Waals surface area contributed by atoms with Crippen LogP contribution in [0.3, 0.4) is 0 Å². The second-order valence-corrected chi connectivity index (χ2v) is 5.23. The molecule has 0 amide bonds. The summed E-state index contributed by atoms with van der Waals surface area (Å²) in [4.78, 5) is 0. The molecule has 0 spiro atoms. The maximum Gasteiger partial charge on any atom is 0.123 e. The third-order valence-corrected chi connectivity index (χ3v) is 3.61. The average molecular weight is 256 g/mol. The zero-order valence-corrected chi connectivity index (χ0v) is 10.7. The Morgan fingerprint density at radius 3 is 2.37 bits per heavy atom. The lowest BCUT2D eigenvalue weighted by molar-refractivity contribution is 0.260. The van der Waals surface area contributed by atoms with Crippen LogP contribution in [-0.2, 0) is 15.9 Å². The van der Waals surface area contributed by atoms with Crippen molar-refractivity contribution in [3.05, 3.63) is 42.0 Å². The van der Waals surface area contributed by atoms with Crippen LogP contribution in [-0.4, -0.2) is 32.0 Å². The van der Waals surface area contributed by atoms with Gasteiger partial charge in [0.25, 0.3) is 0 Å². The van der Waals surface area contributed by atoms with Gasteiger partial charge < -0.3 is 14.2 Å². The molecule has 0 aliphatic carbocycles. The van der Waals surface area contributed by atoms with Gasteiger partial charge in [0.15, 0.2) is 0 Å². The van der Waals surface area contributed by atoms with Crippen LogP contribution in [0.15, 0.2) is 36.4 Å². The molecule has 4 rings (SSSR count). The summed E-state index contributed by atoms with van der Waals surface area (Å²) in [5.41, 5.74) is 1.24. The highest BCUT2D eigenvalue weighted by Crippen LogP contribution is 2.30. The van der Waals surface area contributed by atoms with Gasteiger partial charge >= 0.3 is 0 Å². The Bertz CT molecular complexity index is 600. The fourth-order valence-electron chi connectivity index (χ4n) is 2.34. The van der Waals surface area contributed by atoms with Crippen molar-refractivity contribution in [1.82, 2.24) is 0 Å². The lowest BCUT2D eigenvalue weighted by Gasteiger charge is -2.12. The van der Waals surface area contributed by atoms with Gasteiger partial charge in [0.2, 0.25) is 0 Å². The molecule has 2 aliphatic rings. The standard InChI is InChI=1S/C16H16O3/c1-2-4-12-7-16(19-10-15-9-18-15)13(5-11(12)3-1)6-14-8-17-14/h1-5,7,14-15H,6,8-10H2. The molecule has 2 saturated heterocycles. The van der Waals surface area contributed by atoms with Gasteiger partial charge in [-0.15, -0.1) is 0 Å². The fraction of sp³-hybridized carbons (Fsp3) is 0.375. The lowest BCUT2D eigenvalue weighted by atomic mass is 10.0. The van der Waals surface area contributed by atoms with Crippen LogP contribution >= 0.6 is 0 Å². The highest BCUT2D eigenvalue weighted by Gasteiger charge is 2.26. The van der Waals surface area contributed by atoms with Crippen molar-refractivity contribution in [1.29, 1.82) is 0 Å². The third-order valence-electron chi connectivity index (χ3n) is 3.61. The van der Waals surface area contributed by atoms with Crippen LogP contribution in [0.25, 0.3) is 10.8 Å². The van der Waals surface area contributed by atoms with E-state index in [1.807, 2.05) is 0 Å². The van der Waals surface area contributed by atoms with Crippen LogP contribution in [0, 0.1) is 0 Å². The molecule has 2 unspecified atom stereocenters. The SMILES string of the molecule is c1ccc2cc(OCC3CO3)c(CC3CO3)cc2c1. The molecule has 0 bridgehead atoms. The molecule has 3 nitrogen and oxygen atoms in total. The molecular formula is C16H16O3. The van der Waals surface area contributed by atoms with Crippen molar-refractivity contribution in [2.75, 3.05) is 19.8 Å². The van der Waals surface area contributed by atoms with Crippen LogP contribution in [0.4, 0.5) is 0 Å². The van der Waals surface area contributed by atoms with Gasteiger partial charge in [0.05, 0.1) is 19.3 Å². The van der Waals surface area contributed by atoms with Gasteiger partial charge in [-0.25, -0.2) is 0 Å². The lowest BCUT2D eigenvalue weighted by Crippen LogP contribution is -2.07. The Hall–Kier alpha value is -1.58. The molecule has 2 atom stereocenters. The summed E-state index contributed by atoms with van der Waals surface area (Å²) in [6, 6.07) is 12.7. The maximum absolute atomic E-state index is 5.92.